The Bertz CT molecular complexity index is 1470. The highest BCUT2D eigenvalue weighted by molar-refractivity contribution is 6.33. The molecular weight excluding hydrogens is 490 g/mol. The fraction of sp³-hybridized carbons (Fsp3) is 0.333. The first kappa shape index (κ1) is 25.0. The molecule has 9 nitrogen and oxygen atoms in total. The molecule has 5 rings (SSSR count). The molecule has 2 N–H and O–H groups in total. The second kappa shape index (κ2) is 10.4. The number of ether oxygens (including phenoxy) is 1. The van der Waals surface area contributed by atoms with Crippen molar-refractivity contribution in [1.82, 2.24) is 19.5 Å². The average molecular weight is 520 g/mol. The number of hydrogen-bond donors (Lipinski definition) is 2. The summed E-state index contributed by atoms with van der Waals surface area (Å²) in [6.45, 7) is 7.63. The summed E-state index contributed by atoms with van der Waals surface area (Å²) >= 11 is 6.53. The van der Waals surface area contributed by atoms with E-state index < -0.39 is 0 Å². The van der Waals surface area contributed by atoms with Crippen LogP contribution < -0.4 is 21.1 Å². The van der Waals surface area contributed by atoms with Crippen LogP contribution in [0.1, 0.15) is 32.6 Å². The minimum Gasteiger partial charge on any atom is -0.375 e. The van der Waals surface area contributed by atoms with E-state index in [0.29, 0.717) is 16.5 Å². The predicted octanol–water partition coefficient (Wildman–Crippen LogP) is 4.91. The van der Waals surface area contributed by atoms with Gasteiger partial charge >= 0.3 is 0 Å². The highest BCUT2D eigenvalue weighted by Crippen LogP contribution is 2.32. The summed E-state index contributed by atoms with van der Waals surface area (Å²) in [5.74, 6) is 1.49. The second-order valence-electron chi connectivity index (χ2n) is 9.47. The molecule has 3 aromatic heterocycles. The lowest BCUT2D eigenvalue weighted by atomic mass is 10.1. The van der Waals surface area contributed by atoms with Crippen molar-refractivity contribution in [2.45, 2.75) is 39.0 Å². The molecule has 3 atom stereocenters. The first-order valence-electron chi connectivity index (χ1n) is 12.3. The van der Waals surface area contributed by atoms with Crippen molar-refractivity contribution in [3.8, 4) is 0 Å². The van der Waals surface area contributed by atoms with Crippen molar-refractivity contribution >= 4 is 45.4 Å². The Kier molecular flexibility index (Phi) is 6.99. The van der Waals surface area contributed by atoms with Gasteiger partial charge in [-0.3, -0.25) is 4.79 Å². The average Bonchev–Trinajstić information content (AvgIpc) is 2.88. The highest BCUT2D eigenvalue weighted by Gasteiger charge is 2.24. The van der Waals surface area contributed by atoms with Gasteiger partial charge < -0.3 is 24.8 Å². The highest BCUT2D eigenvalue weighted by atomic mass is 35.5. The zero-order chi connectivity index (χ0) is 26.1. The number of pyridine rings is 2. The van der Waals surface area contributed by atoms with Crippen molar-refractivity contribution in [2.75, 3.05) is 28.6 Å². The van der Waals surface area contributed by atoms with Crippen LogP contribution in [0.25, 0.3) is 10.9 Å². The van der Waals surface area contributed by atoms with E-state index in [1.54, 1.807) is 42.3 Å². The number of halogens is 1. The normalized spacial score (nSPS) is 18.6. The van der Waals surface area contributed by atoms with Crippen LogP contribution in [0.4, 0.5) is 22.9 Å². The van der Waals surface area contributed by atoms with Gasteiger partial charge in [0.05, 0.1) is 40.7 Å². The summed E-state index contributed by atoms with van der Waals surface area (Å²) in [7, 11) is 1.77. The maximum Gasteiger partial charge on any atom is 0.252 e. The molecule has 1 saturated heterocycles. The molecule has 1 aliphatic rings. The van der Waals surface area contributed by atoms with E-state index in [0.717, 1.165) is 41.2 Å². The zero-order valence-electron chi connectivity index (χ0n) is 21.3. The molecule has 0 amide bonds. The first-order valence-corrected chi connectivity index (χ1v) is 12.7. The van der Waals surface area contributed by atoms with Gasteiger partial charge in [-0.1, -0.05) is 11.6 Å². The summed E-state index contributed by atoms with van der Waals surface area (Å²) < 4.78 is 7.50. The number of nitrogens with zero attached hydrogens (tertiary/aromatic N) is 5. The van der Waals surface area contributed by atoms with Crippen molar-refractivity contribution in [3.05, 3.63) is 76.2 Å². The third-order valence-corrected chi connectivity index (χ3v) is 6.76. The van der Waals surface area contributed by atoms with Gasteiger partial charge in [-0.05, 0) is 45.0 Å². The molecule has 10 heteroatoms. The molecule has 4 aromatic rings. The Morgan fingerprint density at radius 3 is 2.51 bits per heavy atom. The summed E-state index contributed by atoms with van der Waals surface area (Å²) in [5, 5.41) is 8.26. The number of anilines is 4. The topological polar surface area (TPSA) is 97.2 Å². The van der Waals surface area contributed by atoms with Crippen molar-refractivity contribution in [2.24, 2.45) is 7.05 Å². The van der Waals surface area contributed by atoms with Gasteiger partial charge in [-0.25, -0.2) is 15.0 Å². The van der Waals surface area contributed by atoms with Gasteiger partial charge in [0, 0.05) is 61.4 Å². The van der Waals surface area contributed by atoms with Crippen LogP contribution in [0.15, 0.2) is 59.8 Å². The van der Waals surface area contributed by atoms with E-state index in [-0.39, 0.29) is 23.8 Å². The summed E-state index contributed by atoms with van der Waals surface area (Å²) in [5.41, 5.74) is 3.00. The molecule has 1 aliphatic heterocycles. The van der Waals surface area contributed by atoms with E-state index in [2.05, 4.69) is 44.3 Å². The minimum atomic E-state index is -0.191. The van der Waals surface area contributed by atoms with Gasteiger partial charge in [0.25, 0.3) is 5.56 Å². The van der Waals surface area contributed by atoms with Crippen LogP contribution in [0, 0.1) is 0 Å². The van der Waals surface area contributed by atoms with Crippen molar-refractivity contribution in [1.29, 1.82) is 0 Å². The van der Waals surface area contributed by atoms with Gasteiger partial charge in [0.2, 0.25) is 0 Å². The van der Waals surface area contributed by atoms with E-state index >= 15 is 0 Å². The summed E-state index contributed by atoms with van der Waals surface area (Å²) in [6, 6.07) is 11.0. The molecule has 4 heterocycles. The summed E-state index contributed by atoms with van der Waals surface area (Å²) in [6.07, 6.45) is 5.33. The summed E-state index contributed by atoms with van der Waals surface area (Å²) in [4.78, 5) is 28.1. The number of nitrogens with one attached hydrogen (secondary N) is 2. The fourth-order valence-electron chi connectivity index (χ4n) is 4.71. The number of rotatable bonds is 6. The number of benzene rings is 1. The molecule has 0 bridgehead atoms. The second-order valence-corrected chi connectivity index (χ2v) is 9.88. The van der Waals surface area contributed by atoms with Crippen LogP contribution in [-0.2, 0) is 11.8 Å². The largest absolute Gasteiger partial charge is 0.375 e. The molecule has 1 unspecified atom stereocenters. The van der Waals surface area contributed by atoms with E-state index in [1.807, 2.05) is 31.2 Å². The fourth-order valence-corrected chi connectivity index (χ4v) is 4.86. The number of hydrogen-bond acceptors (Lipinski definition) is 8. The quantitative estimate of drug-likeness (QED) is 0.371. The van der Waals surface area contributed by atoms with Crippen LogP contribution in [0.5, 0.6) is 0 Å². The first-order chi connectivity index (χ1) is 17.8. The van der Waals surface area contributed by atoms with E-state index in [4.69, 9.17) is 16.3 Å². The molecule has 0 aliphatic carbocycles. The van der Waals surface area contributed by atoms with Crippen LogP contribution in [-0.4, -0.2) is 44.8 Å². The lowest BCUT2D eigenvalue weighted by Gasteiger charge is -2.36. The molecule has 0 spiro atoms. The Morgan fingerprint density at radius 2 is 1.78 bits per heavy atom. The van der Waals surface area contributed by atoms with Crippen molar-refractivity contribution < 1.29 is 4.74 Å². The molecule has 0 radical (unpaired) electrons. The van der Waals surface area contributed by atoms with Crippen LogP contribution in [0.2, 0.25) is 5.02 Å². The number of aryl methyl sites for hydroxylation is 1. The lowest BCUT2D eigenvalue weighted by Crippen LogP contribution is -2.45. The third kappa shape index (κ3) is 5.38. The van der Waals surface area contributed by atoms with Gasteiger partial charge in [-0.15, -0.1) is 0 Å². The van der Waals surface area contributed by atoms with Gasteiger partial charge in [0.1, 0.15) is 11.6 Å². The molecular formula is C27H30ClN7O2. The molecule has 37 heavy (non-hydrogen) atoms. The SMILES string of the molecule is CC(Nc1cc(=O)n(C)c2ccc(Nc3cc(N4C[C@@H](C)O[C@@H](C)C4)ncc3Cl)cc12)c1ncccn1. The maximum atomic E-state index is 12.7. The lowest BCUT2D eigenvalue weighted by molar-refractivity contribution is -0.00545. The predicted molar refractivity (Wildman–Crippen MR) is 148 cm³/mol. The standard InChI is InChI=1S/C27H30ClN7O2/c1-16-14-35(15-17(2)37-16)25-11-23(21(28)13-31-25)33-19-6-7-24-20(10-19)22(12-26(36)34(24)4)32-18(3)27-29-8-5-9-30-27/h5-13,16-18,32H,14-15H2,1-4H3,(H,31,33)/t16-,17+,18?. The third-order valence-electron chi connectivity index (χ3n) is 6.46. The minimum absolute atomic E-state index is 0.104. The molecule has 1 aromatic carbocycles. The van der Waals surface area contributed by atoms with E-state index in [1.165, 1.54) is 0 Å². The number of morpholine rings is 1. The Labute approximate surface area is 220 Å². The van der Waals surface area contributed by atoms with E-state index in [9.17, 15) is 4.79 Å². The van der Waals surface area contributed by atoms with Gasteiger partial charge in [-0.2, -0.15) is 0 Å². The molecule has 1 fully saturated rings. The smallest absolute Gasteiger partial charge is 0.252 e. The van der Waals surface area contributed by atoms with Crippen molar-refractivity contribution in [3.63, 3.8) is 0 Å². The van der Waals surface area contributed by atoms with Crippen LogP contribution in [0.3, 0.4) is 0 Å². The molecule has 192 valence electrons. The monoisotopic (exact) mass is 519 g/mol. The zero-order valence-corrected chi connectivity index (χ0v) is 22.0. The number of fused-ring (bicyclic) bond motifs is 1. The van der Waals surface area contributed by atoms with Gasteiger partial charge in [0.15, 0.2) is 0 Å². The Hall–Kier alpha value is -3.69. The Balaban J connectivity index is 1.47. The number of aromatic nitrogens is 4. The molecule has 0 saturated carbocycles. The Morgan fingerprint density at radius 1 is 1.05 bits per heavy atom. The maximum absolute atomic E-state index is 12.7. The van der Waals surface area contributed by atoms with Crippen LogP contribution >= 0.6 is 11.6 Å².